The molecule has 0 bridgehead atoms. The number of nitrogens with one attached hydrogen (secondary N) is 1. The Balaban J connectivity index is 2.28. The first-order chi connectivity index (χ1) is 8.11. The van der Waals surface area contributed by atoms with Crippen LogP contribution in [-0.2, 0) is 9.53 Å². The molecule has 1 aliphatic heterocycles. The topological polar surface area (TPSA) is 38.3 Å². The van der Waals surface area contributed by atoms with Crippen molar-refractivity contribution in [3.63, 3.8) is 0 Å². The van der Waals surface area contributed by atoms with Crippen LogP contribution in [0.2, 0.25) is 0 Å². The second kappa shape index (κ2) is 4.88. The number of carbonyl (C=O) groups excluding carboxylic acids is 1. The SMILES string of the molecule is COC(=O)[C@@H]1CNC[C@H]1c1cc(C)cc(C)c1. The summed E-state index contributed by atoms with van der Waals surface area (Å²) in [5.41, 5.74) is 3.73. The lowest BCUT2D eigenvalue weighted by molar-refractivity contribution is -0.145. The summed E-state index contributed by atoms with van der Waals surface area (Å²) in [6.45, 7) is 5.74. The van der Waals surface area contributed by atoms with E-state index in [2.05, 4.69) is 37.4 Å². The minimum atomic E-state index is -0.112. The van der Waals surface area contributed by atoms with Crippen LogP contribution in [0.15, 0.2) is 18.2 Å². The molecule has 3 heteroatoms. The number of ether oxygens (including phenoxy) is 1. The molecule has 0 aliphatic carbocycles. The van der Waals surface area contributed by atoms with Gasteiger partial charge in [-0.2, -0.15) is 0 Å². The highest BCUT2D eigenvalue weighted by molar-refractivity contribution is 5.74. The highest BCUT2D eigenvalue weighted by Crippen LogP contribution is 2.30. The van der Waals surface area contributed by atoms with Crippen molar-refractivity contribution in [3.05, 3.63) is 34.9 Å². The lowest BCUT2D eigenvalue weighted by Crippen LogP contribution is -2.23. The first-order valence-electron chi connectivity index (χ1n) is 5.98. The monoisotopic (exact) mass is 233 g/mol. The van der Waals surface area contributed by atoms with Crippen molar-refractivity contribution in [1.29, 1.82) is 0 Å². The minimum Gasteiger partial charge on any atom is -0.469 e. The van der Waals surface area contributed by atoms with Crippen LogP contribution in [0.1, 0.15) is 22.6 Å². The van der Waals surface area contributed by atoms with E-state index in [1.54, 1.807) is 0 Å². The van der Waals surface area contributed by atoms with Crippen molar-refractivity contribution in [3.8, 4) is 0 Å². The average Bonchev–Trinajstić information content (AvgIpc) is 2.75. The molecule has 1 aromatic carbocycles. The summed E-state index contributed by atoms with van der Waals surface area (Å²) in [6, 6.07) is 6.49. The van der Waals surface area contributed by atoms with Crippen LogP contribution >= 0.6 is 0 Å². The Morgan fingerprint density at radius 3 is 2.47 bits per heavy atom. The van der Waals surface area contributed by atoms with Gasteiger partial charge in [0.2, 0.25) is 0 Å². The van der Waals surface area contributed by atoms with E-state index in [-0.39, 0.29) is 17.8 Å². The molecule has 0 amide bonds. The number of hydrogen-bond acceptors (Lipinski definition) is 3. The number of rotatable bonds is 2. The van der Waals surface area contributed by atoms with E-state index in [9.17, 15) is 4.79 Å². The van der Waals surface area contributed by atoms with E-state index in [0.717, 1.165) is 6.54 Å². The van der Waals surface area contributed by atoms with Gasteiger partial charge >= 0.3 is 5.97 Å². The van der Waals surface area contributed by atoms with Crippen molar-refractivity contribution < 1.29 is 9.53 Å². The summed E-state index contributed by atoms with van der Waals surface area (Å²) < 4.78 is 4.87. The molecule has 1 N–H and O–H groups in total. The fourth-order valence-corrected chi connectivity index (χ4v) is 2.65. The summed E-state index contributed by atoms with van der Waals surface area (Å²) in [4.78, 5) is 11.7. The Bertz CT molecular complexity index is 408. The molecular formula is C14H19NO2. The van der Waals surface area contributed by atoms with Gasteiger partial charge in [-0.15, -0.1) is 0 Å². The van der Waals surface area contributed by atoms with Gasteiger partial charge in [-0.05, 0) is 19.4 Å². The maximum absolute atomic E-state index is 11.7. The Morgan fingerprint density at radius 2 is 1.88 bits per heavy atom. The zero-order valence-electron chi connectivity index (χ0n) is 10.6. The molecule has 0 aromatic heterocycles. The van der Waals surface area contributed by atoms with E-state index in [4.69, 9.17) is 4.74 Å². The Hall–Kier alpha value is -1.35. The van der Waals surface area contributed by atoms with Crippen molar-refractivity contribution in [2.75, 3.05) is 20.2 Å². The molecule has 0 spiro atoms. The molecule has 2 atom stereocenters. The van der Waals surface area contributed by atoms with Crippen molar-refractivity contribution in [2.45, 2.75) is 19.8 Å². The summed E-state index contributed by atoms with van der Waals surface area (Å²) in [5.74, 6) is 0.0707. The number of hydrogen-bond donors (Lipinski definition) is 1. The van der Waals surface area contributed by atoms with Gasteiger partial charge in [-0.3, -0.25) is 4.79 Å². The van der Waals surface area contributed by atoms with Crippen LogP contribution in [0.5, 0.6) is 0 Å². The second-order valence-electron chi connectivity index (χ2n) is 4.82. The largest absolute Gasteiger partial charge is 0.469 e. The van der Waals surface area contributed by atoms with Crippen LogP contribution in [0.4, 0.5) is 0 Å². The summed E-state index contributed by atoms with van der Waals surface area (Å²) in [5, 5.41) is 3.27. The molecule has 1 saturated heterocycles. The first kappa shape index (κ1) is 12.1. The van der Waals surface area contributed by atoms with Crippen molar-refractivity contribution in [1.82, 2.24) is 5.32 Å². The van der Waals surface area contributed by atoms with E-state index >= 15 is 0 Å². The highest BCUT2D eigenvalue weighted by Gasteiger charge is 2.34. The van der Waals surface area contributed by atoms with E-state index in [1.165, 1.54) is 23.8 Å². The van der Waals surface area contributed by atoms with Crippen LogP contribution in [-0.4, -0.2) is 26.2 Å². The quantitative estimate of drug-likeness (QED) is 0.791. The minimum absolute atomic E-state index is 0.0544. The number of carbonyl (C=O) groups is 1. The number of benzene rings is 1. The molecule has 1 aliphatic rings. The lowest BCUT2D eigenvalue weighted by atomic mass is 9.87. The van der Waals surface area contributed by atoms with Crippen LogP contribution in [0.3, 0.4) is 0 Å². The second-order valence-corrected chi connectivity index (χ2v) is 4.82. The molecule has 0 saturated carbocycles. The third-order valence-corrected chi connectivity index (χ3v) is 3.39. The third kappa shape index (κ3) is 2.50. The Labute approximate surface area is 102 Å². The third-order valence-electron chi connectivity index (χ3n) is 3.39. The zero-order chi connectivity index (χ0) is 12.4. The van der Waals surface area contributed by atoms with E-state index in [1.807, 2.05) is 0 Å². The lowest BCUT2D eigenvalue weighted by Gasteiger charge is -2.17. The maximum Gasteiger partial charge on any atom is 0.310 e. The van der Waals surface area contributed by atoms with Crippen LogP contribution < -0.4 is 5.32 Å². The fraction of sp³-hybridized carbons (Fsp3) is 0.500. The van der Waals surface area contributed by atoms with Gasteiger partial charge in [-0.1, -0.05) is 29.3 Å². The predicted molar refractivity (Wildman–Crippen MR) is 67.0 cm³/mol. The molecule has 17 heavy (non-hydrogen) atoms. The van der Waals surface area contributed by atoms with Crippen LogP contribution in [0.25, 0.3) is 0 Å². The highest BCUT2D eigenvalue weighted by atomic mass is 16.5. The summed E-state index contributed by atoms with van der Waals surface area (Å²) >= 11 is 0. The first-order valence-corrected chi connectivity index (χ1v) is 5.98. The standard InChI is InChI=1S/C14H19NO2/c1-9-4-10(2)6-11(5-9)12-7-15-8-13(12)14(16)17-3/h4-6,12-13,15H,7-8H2,1-3H3/t12-,13+/m0/s1. The molecular weight excluding hydrogens is 214 g/mol. The van der Waals surface area contributed by atoms with Crippen LogP contribution in [0, 0.1) is 19.8 Å². The molecule has 2 rings (SSSR count). The van der Waals surface area contributed by atoms with Crippen molar-refractivity contribution >= 4 is 5.97 Å². The van der Waals surface area contributed by atoms with E-state index in [0.29, 0.717) is 6.54 Å². The molecule has 3 nitrogen and oxygen atoms in total. The van der Waals surface area contributed by atoms with Crippen molar-refractivity contribution in [2.24, 2.45) is 5.92 Å². The van der Waals surface area contributed by atoms with Gasteiger partial charge in [0.15, 0.2) is 0 Å². The molecule has 0 unspecified atom stereocenters. The molecule has 0 radical (unpaired) electrons. The van der Waals surface area contributed by atoms with E-state index < -0.39 is 0 Å². The smallest absolute Gasteiger partial charge is 0.310 e. The number of esters is 1. The predicted octanol–water partition coefficient (Wildman–Crippen LogP) is 1.78. The summed E-state index contributed by atoms with van der Waals surface area (Å²) in [7, 11) is 1.46. The van der Waals surface area contributed by atoms with Gasteiger partial charge in [0.05, 0.1) is 13.0 Å². The normalized spacial score (nSPS) is 23.7. The number of methoxy groups -OCH3 is 1. The van der Waals surface area contributed by atoms with Gasteiger partial charge < -0.3 is 10.1 Å². The van der Waals surface area contributed by atoms with Gasteiger partial charge in [0.1, 0.15) is 0 Å². The zero-order valence-corrected chi connectivity index (χ0v) is 10.6. The van der Waals surface area contributed by atoms with Gasteiger partial charge in [0.25, 0.3) is 0 Å². The molecule has 1 fully saturated rings. The Morgan fingerprint density at radius 1 is 1.24 bits per heavy atom. The van der Waals surface area contributed by atoms with Gasteiger partial charge in [-0.25, -0.2) is 0 Å². The molecule has 1 aromatic rings. The van der Waals surface area contributed by atoms with Gasteiger partial charge in [0, 0.05) is 19.0 Å². The maximum atomic E-state index is 11.7. The number of aryl methyl sites for hydroxylation is 2. The Kier molecular flexibility index (Phi) is 3.48. The summed E-state index contributed by atoms with van der Waals surface area (Å²) in [6.07, 6.45) is 0. The molecule has 92 valence electrons. The average molecular weight is 233 g/mol. The fourth-order valence-electron chi connectivity index (χ4n) is 2.65. The molecule has 1 heterocycles.